The molecule has 0 atom stereocenters. The zero-order valence-corrected chi connectivity index (χ0v) is 14.2. The second-order valence-electron chi connectivity index (χ2n) is 4.38. The van der Waals surface area contributed by atoms with E-state index in [0.29, 0.717) is 11.2 Å². The first-order valence-corrected chi connectivity index (χ1v) is 7.75. The van der Waals surface area contributed by atoms with Crippen molar-refractivity contribution in [2.75, 3.05) is 5.32 Å². The Labute approximate surface area is 137 Å². The van der Waals surface area contributed by atoms with Gasteiger partial charge in [0, 0.05) is 5.69 Å². The zero-order valence-electron chi connectivity index (χ0n) is 11.0. The van der Waals surface area contributed by atoms with E-state index in [1.54, 1.807) is 4.68 Å². The van der Waals surface area contributed by atoms with Crippen molar-refractivity contribution in [2.24, 2.45) is 0 Å². The SMILES string of the molecule is Cc1nnnn1-c1cccc(NCc2cc(Br)c(Br)o2)c1. The third-order valence-electron chi connectivity index (χ3n) is 2.88. The lowest BCUT2D eigenvalue weighted by molar-refractivity contribution is 0.494. The molecular formula is C13H11Br2N5O. The molecular weight excluding hydrogens is 402 g/mol. The molecule has 108 valence electrons. The van der Waals surface area contributed by atoms with E-state index in [1.165, 1.54) is 0 Å². The Balaban J connectivity index is 1.76. The molecule has 1 aromatic carbocycles. The van der Waals surface area contributed by atoms with Crippen LogP contribution in [0.4, 0.5) is 5.69 Å². The van der Waals surface area contributed by atoms with Crippen LogP contribution in [0.3, 0.4) is 0 Å². The van der Waals surface area contributed by atoms with Crippen LogP contribution in [0.1, 0.15) is 11.6 Å². The van der Waals surface area contributed by atoms with Crippen LogP contribution in [0.5, 0.6) is 0 Å². The highest BCUT2D eigenvalue weighted by Crippen LogP contribution is 2.27. The predicted molar refractivity (Wildman–Crippen MR) is 85.3 cm³/mol. The van der Waals surface area contributed by atoms with Crippen molar-refractivity contribution in [3.05, 3.63) is 51.1 Å². The summed E-state index contributed by atoms with van der Waals surface area (Å²) in [6.45, 7) is 2.44. The van der Waals surface area contributed by atoms with E-state index in [1.807, 2.05) is 37.3 Å². The third-order valence-corrected chi connectivity index (χ3v) is 4.59. The minimum Gasteiger partial charge on any atom is -0.451 e. The number of nitrogens with one attached hydrogen (secondary N) is 1. The highest BCUT2D eigenvalue weighted by atomic mass is 79.9. The molecule has 0 spiro atoms. The number of benzene rings is 1. The van der Waals surface area contributed by atoms with Gasteiger partial charge in [0.2, 0.25) is 0 Å². The lowest BCUT2D eigenvalue weighted by Crippen LogP contribution is -2.02. The fraction of sp³-hybridized carbons (Fsp3) is 0.154. The van der Waals surface area contributed by atoms with Gasteiger partial charge in [-0.1, -0.05) is 6.07 Å². The van der Waals surface area contributed by atoms with Gasteiger partial charge in [-0.15, -0.1) is 5.10 Å². The Bertz CT molecular complexity index is 748. The van der Waals surface area contributed by atoms with E-state index in [9.17, 15) is 0 Å². The van der Waals surface area contributed by atoms with E-state index < -0.39 is 0 Å². The van der Waals surface area contributed by atoms with Crippen molar-refractivity contribution in [3.8, 4) is 5.69 Å². The van der Waals surface area contributed by atoms with Crippen LogP contribution in [0.15, 0.2) is 43.9 Å². The minimum absolute atomic E-state index is 0.586. The Morgan fingerprint density at radius 3 is 2.81 bits per heavy atom. The molecule has 1 N–H and O–H groups in total. The van der Waals surface area contributed by atoms with E-state index in [-0.39, 0.29) is 0 Å². The van der Waals surface area contributed by atoms with Gasteiger partial charge in [-0.2, -0.15) is 4.68 Å². The number of aryl methyl sites for hydroxylation is 1. The number of tetrazole rings is 1. The molecule has 0 aliphatic heterocycles. The summed E-state index contributed by atoms with van der Waals surface area (Å²) in [5.41, 5.74) is 1.87. The van der Waals surface area contributed by atoms with Gasteiger partial charge in [0.1, 0.15) is 5.76 Å². The first kappa shape index (κ1) is 14.3. The molecule has 0 aliphatic rings. The van der Waals surface area contributed by atoms with Gasteiger partial charge >= 0.3 is 0 Å². The van der Waals surface area contributed by atoms with Gasteiger partial charge in [0.15, 0.2) is 10.5 Å². The number of furan rings is 1. The van der Waals surface area contributed by atoms with Gasteiger partial charge < -0.3 is 9.73 Å². The molecule has 0 fully saturated rings. The molecule has 0 radical (unpaired) electrons. The van der Waals surface area contributed by atoms with E-state index in [4.69, 9.17) is 4.42 Å². The van der Waals surface area contributed by atoms with Crippen molar-refractivity contribution in [1.29, 1.82) is 0 Å². The molecule has 0 aliphatic carbocycles. The van der Waals surface area contributed by atoms with Gasteiger partial charge in [-0.05, 0) is 73.5 Å². The molecule has 21 heavy (non-hydrogen) atoms. The van der Waals surface area contributed by atoms with E-state index in [2.05, 4.69) is 52.7 Å². The number of hydrogen-bond donors (Lipinski definition) is 1. The maximum Gasteiger partial charge on any atom is 0.183 e. The van der Waals surface area contributed by atoms with Crippen LogP contribution >= 0.6 is 31.9 Å². The zero-order chi connectivity index (χ0) is 14.8. The highest BCUT2D eigenvalue weighted by Gasteiger charge is 2.07. The first-order valence-electron chi connectivity index (χ1n) is 6.16. The van der Waals surface area contributed by atoms with Crippen molar-refractivity contribution in [2.45, 2.75) is 13.5 Å². The van der Waals surface area contributed by atoms with Crippen LogP contribution in [0, 0.1) is 6.92 Å². The predicted octanol–water partition coefficient (Wildman–Crippen LogP) is 3.70. The van der Waals surface area contributed by atoms with Crippen LogP contribution in [0.2, 0.25) is 0 Å². The second kappa shape index (κ2) is 5.98. The summed E-state index contributed by atoms with van der Waals surface area (Å²) in [7, 11) is 0. The largest absolute Gasteiger partial charge is 0.451 e. The summed E-state index contributed by atoms with van der Waals surface area (Å²) in [6.07, 6.45) is 0. The fourth-order valence-corrected chi connectivity index (χ4v) is 2.54. The van der Waals surface area contributed by atoms with Crippen LogP contribution in [-0.4, -0.2) is 20.2 Å². The number of nitrogens with zero attached hydrogens (tertiary/aromatic N) is 4. The molecule has 0 bridgehead atoms. The standard InChI is InChI=1S/C13H11Br2N5O/c1-8-17-18-19-20(8)10-4-2-3-9(5-10)16-7-11-6-12(14)13(15)21-11/h2-6,16H,7H2,1H3. The van der Waals surface area contributed by atoms with Crippen LogP contribution < -0.4 is 5.32 Å². The summed E-state index contributed by atoms with van der Waals surface area (Å²) < 4.78 is 8.81. The van der Waals surface area contributed by atoms with Crippen molar-refractivity contribution in [1.82, 2.24) is 20.2 Å². The molecule has 0 saturated carbocycles. The van der Waals surface area contributed by atoms with Crippen molar-refractivity contribution >= 4 is 37.5 Å². The van der Waals surface area contributed by atoms with Gasteiger partial charge in [-0.3, -0.25) is 0 Å². The minimum atomic E-state index is 0.586. The lowest BCUT2D eigenvalue weighted by Gasteiger charge is -2.07. The summed E-state index contributed by atoms with van der Waals surface area (Å²) in [6, 6.07) is 9.79. The maximum atomic E-state index is 5.53. The molecule has 8 heteroatoms. The molecule has 3 aromatic rings. The number of halogens is 2. The molecule has 3 rings (SSSR count). The van der Waals surface area contributed by atoms with Crippen molar-refractivity contribution in [3.63, 3.8) is 0 Å². The summed E-state index contributed by atoms with van der Waals surface area (Å²) in [5, 5.41) is 14.8. The summed E-state index contributed by atoms with van der Waals surface area (Å²) in [4.78, 5) is 0. The molecule has 6 nitrogen and oxygen atoms in total. The van der Waals surface area contributed by atoms with Gasteiger partial charge in [0.25, 0.3) is 0 Å². The Hall–Kier alpha value is -1.67. The first-order chi connectivity index (χ1) is 10.1. The third kappa shape index (κ3) is 3.16. The van der Waals surface area contributed by atoms with E-state index in [0.717, 1.165) is 27.4 Å². The van der Waals surface area contributed by atoms with Crippen LogP contribution in [-0.2, 0) is 6.54 Å². The quantitative estimate of drug-likeness (QED) is 0.707. The Kier molecular flexibility index (Phi) is 4.07. The molecule has 2 aromatic heterocycles. The summed E-state index contributed by atoms with van der Waals surface area (Å²) in [5.74, 6) is 1.57. The topological polar surface area (TPSA) is 68.8 Å². The number of anilines is 1. The smallest absolute Gasteiger partial charge is 0.183 e. The number of rotatable bonds is 4. The van der Waals surface area contributed by atoms with E-state index >= 15 is 0 Å². The molecule has 0 unspecified atom stereocenters. The van der Waals surface area contributed by atoms with Gasteiger partial charge in [-0.25, -0.2) is 0 Å². The molecule has 0 amide bonds. The normalized spacial score (nSPS) is 10.8. The molecule has 2 heterocycles. The Morgan fingerprint density at radius 1 is 1.29 bits per heavy atom. The average molecular weight is 413 g/mol. The van der Waals surface area contributed by atoms with Crippen LogP contribution in [0.25, 0.3) is 5.69 Å². The summed E-state index contributed by atoms with van der Waals surface area (Å²) >= 11 is 6.72. The lowest BCUT2D eigenvalue weighted by atomic mass is 10.2. The highest BCUT2D eigenvalue weighted by molar-refractivity contribution is 9.13. The fourth-order valence-electron chi connectivity index (χ4n) is 1.89. The van der Waals surface area contributed by atoms with Gasteiger partial charge in [0.05, 0.1) is 16.7 Å². The average Bonchev–Trinajstić information content (AvgIpc) is 3.03. The van der Waals surface area contributed by atoms with Crippen molar-refractivity contribution < 1.29 is 4.42 Å². The second-order valence-corrected chi connectivity index (χ2v) is 5.95. The Morgan fingerprint density at radius 2 is 2.14 bits per heavy atom. The maximum absolute atomic E-state index is 5.53. The number of hydrogen-bond acceptors (Lipinski definition) is 5. The molecule has 0 saturated heterocycles. The number of aromatic nitrogens is 4. The monoisotopic (exact) mass is 411 g/mol.